The lowest BCUT2D eigenvalue weighted by Crippen LogP contribution is -2.22. The zero-order valence-corrected chi connectivity index (χ0v) is 17.1. The molecule has 5 heteroatoms. The van der Waals surface area contributed by atoms with E-state index >= 15 is 0 Å². The molecule has 156 valence electrons. The Morgan fingerprint density at radius 1 is 1.04 bits per heavy atom. The molecule has 5 nitrogen and oxygen atoms in total. The zero-order chi connectivity index (χ0) is 19.9. The average Bonchev–Trinajstić information content (AvgIpc) is 2.69. The van der Waals surface area contributed by atoms with Crippen LogP contribution in [-0.2, 0) is 11.3 Å². The Hall–Kier alpha value is -1.14. The highest BCUT2D eigenvalue weighted by Crippen LogP contribution is 2.22. The van der Waals surface area contributed by atoms with Crippen molar-refractivity contribution in [3.8, 4) is 5.75 Å². The van der Waals surface area contributed by atoms with Gasteiger partial charge in [-0.1, -0.05) is 45.6 Å². The van der Waals surface area contributed by atoms with E-state index in [9.17, 15) is 15.3 Å². The highest BCUT2D eigenvalue weighted by atomic mass is 16.5. The minimum absolute atomic E-state index is 0.0564. The molecule has 0 aliphatic heterocycles. The van der Waals surface area contributed by atoms with Crippen molar-refractivity contribution in [1.29, 1.82) is 0 Å². The first-order chi connectivity index (χ1) is 13.1. The molecule has 1 aromatic rings. The van der Waals surface area contributed by atoms with E-state index in [4.69, 9.17) is 4.74 Å². The van der Waals surface area contributed by atoms with Gasteiger partial charge in [-0.15, -0.1) is 0 Å². The first-order valence-corrected chi connectivity index (χ1v) is 10.5. The van der Waals surface area contributed by atoms with Crippen molar-refractivity contribution >= 4 is 0 Å². The van der Waals surface area contributed by atoms with E-state index in [-0.39, 0.29) is 12.4 Å². The van der Waals surface area contributed by atoms with Crippen LogP contribution in [0.5, 0.6) is 5.75 Å². The fourth-order valence-electron chi connectivity index (χ4n) is 3.15. The largest absolute Gasteiger partial charge is 0.508 e. The number of aliphatic hydroxyl groups is 2. The molecule has 0 saturated carbocycles. The fourth-order valence-corrected chi connectivity index (χ4v) is 3.15. The number of nitrogens with one attached hydrogen (secondary N) is 1. The summed E-state index contributed by atoms with van der Waals surface area (Å²) in [6.45, 7) is 7.35. The molecule has 0 aromatic heterocycles. The minimum atomic E-state index is -0.639. The van der Waals surface area contributed by atoms with Crippen molar-refractivity contribution in [3.63, 3.8) is 0 Å². The molecule has 0 radical (unpaired) electrons. The second-order valence-corrected chi connectivity index (χ2v) is 7.26. The van der Waals surface area contributed by atoms with Crippen LogP contribution in [0.4, 0.5) is 0 Å². The normalized spacial score (nSPS) is 12.6. The summed E-state index contributed by atoms with van der Waals surface area (Å²) in [5, 5.41) is 32.2. The van der Waals surface area contributed by atoms with E-state index in [1.54, 1.807) is 12.1 Å². The van der Waals surface area contributed by atoms with Crippen LogP contribution in [0.3, 0.4) is 0 Å². The molecule has 0 aliphatic carbocycles. The van der Waals surface area contributed by atoms with Crippen molar-refractivity contribution in [3.05, 3.63) is 29.3 Å². The Bertz CT molecular complexity index is 491. The Balaban J connectivity index is 2.00. The van der Waals surface area contributed by atoms with Crippen LogP contribution < -0.4 is 5.32 Å². The Morgan fingerprint density at radius 2 is 1.78 bits per heavy atom. The molecule has 4 N–H and O–H groups in total. The van der Waals surface area contributed by atoms with Gasteiger partial charge in [0.15, 0.2) is 0 Å². The summed E-state index contributed by atoms with van der Waals surface area (Å²) in [4.78, 5) is 0. The van der Waals surface area contributed by atoms with Gasteiger partial charge in [-0.3, -0.25) is 0 Å². The van der Waals surface area contributed by atoms with Crippen molar-refractivity contribution in [2.45, 2.75) is 71.5 Å². The second kappa shape index (κ2) is 14.9. The lowest BCUT2D eigenvalue weighted by atomic mass is 10.0. The van der Waals surface area contributed by atoms with Crippen LogP contribution in [-0.4, -0.2) is 41.6 Å². The van der Waals surface area contributed by atoms with E-state index < -0.39 is 6.10 Å². The molecular weight excluding hydrogens is 342 g/mol. The van der Waals surface area contributed by atoms with Gasteiger partial charge in [0.1, 0.15) is 5.75 Å². The zero-order valence-electron chi connectivity index (χ0n) is 17.1. The predicted molar refractivity (Wildman–Crippen MR) is 110 cm³/mol. The summed E-state index contributed by atoms with van der Waals surface area (Å²) in [7, 11) is 0. The summed E-state index contributed by atoms with van der Waals surface area (Å²) in [6, 6.07) is 4.84. The molecule has 0 spiro atoms. The van der Waals surface area contributed by atoms with E-state index in [2.05, 4.69) is 19.2 Å². The molecule has 1 atom stereocenters. The van der Waals surface area contributed by atoms with Crippen LogP contribution >= 0.6 is 0 Å². The van der Waals surface area contributed by atoms with Gasteiger partial charge in [0, 0.05) is 25.3 Å². The van der Waals surface area contributed by atoms with E-state index in [1.165, 1.54) is 31.7 Å². The standard InChI is InChI=1S/C22H39NO4/c1-3-18(4-2)11-14-27-13-8-6-5-7-12-23-16-22(26)19-9-10-21(25)20(15-19)17-24/h9-10,15,18,22-26H,3-8,11-14,16-17H2,1-2H3. The summed E-state index contributed by atoms with van der Waals surface area (Å²) < 4.78 is 5.72. The summed E-state index contributed by atoms with van der Waals surface area (Å²) in [5.74, 6) is 0.865. The maximum Gasteiger partial charge on any atom is 0.121 e. The minimum Gasteiger partial charge on any atom is -0.508 e. The Kier molecular flexibility index (Phi) is 13.2. The monoisotopic (exact) mass is 381 g/mol. The van der Waals surface area contributed by atoms with E-state index in [0.29, 0.717) is 17.7 Å². The molecule has 0 heterocycles. The molecule has 1 rings (SSSR count). The maximum absolute atomic E-state index is 10.2. The number of benzene rings is 1. The third-order valence-electron chi connectivity index (χ3n) is 5.21. The van der Waals surface area contributed by atoms with Gasteiger partial charge in [0.05, 0.1) is 12.7 Å². The molecular formula is C22H39NO4. The lowest BCUT2D eigenvalue weighted by molar-refractivity contribution is 0.115. The van der Waals surface area contributed by atoms with Crippen molar-refractivity contribution in [1.82, 2.24) is 5.32 Å². The number of hydrogen-bond acceptors (Lipinski definition) is 5. The number of aromatic hydroxyl groups is 1. The first kappa shape index (κ1) is 23.9. The van der Waals surface area contributed by atoms with Crippen molar-refractivity contribution in [2.24, 2.45) is 5.92 Å². The number of aliphatic hydroxyl groups excluding tert-OH is 2. The number of rotatable bonds is 16. The molecule has 27 heavy (non-hydrogen) atoms. The van der Waals surface area contributed by atoms with Gasteiger partial charge in [0.25, 0.3) is 0 Å². The van der Waals surface area contributed by atoms with Gasteiger partial charge in [-0.2, -0.15) is 0 Å². The van der Waals surface area contributed by atoms with Crippen LogP contribution in [0, 0.1) is 5.92 Å². The maximum atomic E-state index is 10.2. The Labute approximate surface area is 164 Å². The lowest BCUT2D eigenvalue weighted by Gasteiger charge is -2.14. The van der Waals surface area contributed by atoms with Crippen LogP contribution in [0.25, 0.3) is 0 Å². The van der Waals surface area contributed by atoms with Crippen molar-refractivity contribution < 1.29 is 20.1 Å². The van der Waals surface area contributed by atoms with Crippen molar-refractivity contribution in [2.75, 3.05) is 26.3 Å². The number of ether oxygens (including phenoxy) is 1. The van der Waals surface area contributed by atoms with Gasteiger partial charge in [0.2, 0.25) is 0 Å². The third kappa shape index (κ3) is 10.1. The summed E-state index contributed by atoms with van der Waals surface area (Å²) in [6.07, 6.45) is 7.56. The van der Waals surface area contributed by atoms with Gasteiger partial charge in [-0.05, 0) is 49.4 Å². The first-order valence-electron chi connectivity index (χ1n) is 10.5. The second-order valence-electron chi connectivity index (χ2n) is 7.26. The predicted octanol–water partition coefficient (Wildman–Crippen LogP) is 3.91. The fraction of sp³-hybridized carbons (Fsp3) is 0.727. The Morgan fingerprint density at radius 3 is 2.48 bits per heavy atom. The molecule has 0 saturated heterocycles. The highest BCUT2D eigenvalue weighted by molar-refractivity contribution is 5.36. The van der Waals surface area contributed by atoms with Gasteiger partial charge in [-0.25, -0.2) is 0 Å². The third-order valence-corrected chi connectivity index (χ3v) is 5.21. The van der Waals surface area contributed by atoms with Gasteiger partial charge >= 0.3 is 0 Å². The summed E-state index contributed by atoms with van der Waals surface area (Å²) in [5.41, 5.74) is 1.14. The summed E-state index contributed by atoms with van der Waals surface area (Å²) >= 11 is 0. The average molecular weight is 382 g/mol. The van der Waals surface area contributed by atoms with E-state index in [0.717, 1.165) is 44.9 Å². The van der Waals surface area contributed by atoms with Crippen LogP contribution in [0.2, 0.25) is 0 Å². The number of unbranched alkanes of at least 4 members (excludes halogenated alkanes) is 3. The SMILES string of the molecule is CCC(CC)CCOCCCCCCNCC(O)c1ccc(O)c(CO)c1. The molecule has 1 aromatic carbocycles. The van der Waals surface area contributed by atoms with Crippen LogP contribution in [0.1, 0.15) is 76.0 Å². The quantitative estimate of drug-likeness (QED) is 0.326. The molecule has 0 amide bonds. The van der Waals surface area contributed by atoms with Gasteiger partial charge < -0.3 is 25.4 Å². The number of phenols is 1. The molecule has 0 aliphatic rings. The topological polar surface area (TPSA) is 82.0 Å². The smallest absolute Gasteiger partial charge is 0.121 e. The molecule has 1 unspecified atom stereocenters. The number of hydrogen-bond donors (Lipinski definition) is 4. The van der Waals surface area contributed by atoms with E-state index in [1.807, 2.05) is 0 Å². The van der Waals surface area contributed by atoms with Crippen LogP contribution in [0.15, 0.2) is 18.2 Å². The molecule has 0 fully saturated rings. The highest BCUT2D eigenvalue weighted by Gasteiger charge is 2.09. The molecule has 0 bridgehead atoms.